The Morgan fingerprint density at radius 3 is 2.79 bits per heavy atom. The highest BCUT2D eigenvalue weighted by Crippen LogP contribution is 2.42. The van der Waals surface area contributed by atoms with Crippen molar-refractivity contribution in [3.63, 3.8) is 0 Å². The van der Waals surface area contributed by atoms with Crippen molar-refractivity contribution in [1.82, 2.24) is 24.8 Å². The Kier molecular flexibility index (Phi) is 7.29. The van der Waals surface area contributed by atoms with Crippen LogP contribution in [0.15, 0.2) is 47.2 Å². The summed E-state index contributed by atoms with van der Waals surface area (Å²) in [6.45, 7) is 3.58. The highest BCUT2D eigenvalue weighted by atomic mass is 32.1. The molecule has 5 heterocycles. The minimum absolute atomic E-state index is 0.102. The number of nitrogens with zero attached hydrogens (tertiary/aromatic N) is 5. The molecule has 0 saturated carbocycles. The molecule has 1 atom stereocenters. The maximum atomic E-state index is 14.3. The lowest BCUT2D eigenvalue weighted by Gasteiger charge is -2.35. The number of fused-ring (bicyclic) bond motifs is 1. The van der Waals surface area contributed by atoms with Gasteiger partial charge in [0.1, 0.15) is 27.0 Å². The molecular weight excluding hydrogens is 566 g/mol. The number of carbonyl (C=O) groups is 2. The van der Waals surface area contributed by atoms with E-state index in [1.807, 2.05) is 36.6 Å². The molecule has 13 heteroatoms. The van der Waals surface area contributed by atoms with Crippen LogP contribution in [0.2, 0.25) is 0 Å². The van der Waals surface area contributed by atoms with Crippen LogP contribution in [0, 0.1) is 25.5 Å². The summed E-state index contributed by atoms with van der Waals surface area (Å²) in [5, 5.41) is 16.3. The average Bonchev–Trinajstić information content (AvgIpc) is 3.69. The molecule has 10 nitrogen and oxygen atoms in total. The topological polar surface area (TPSA) is 126 Å². The van der Waals surface area contributed by atoms with E-state index in [2.05, 4.69) is 15.5 Å². The van der Waals surface area contributed by atoms with E-state index >= 15 is 0 Å². The lowest BCUT2D eigenvalue weighted by molar-refractivity contribution is -0.120. The van der Waals surface area contributed by atoms with Gasteiger partial charge in [0.2, 0.25) is 5.91 Å². The third-order valence-corrected chi connectivity index (χ3v) is 8.25. The van der Waals surface area contributed by atoms with Gasteiger partial charge in [-0.2, -0.15) is 0 Å². The summed E-state index contributed by atoms with van der Waals surface area (Å²) < 4.78 is 35.3. The first-order valence-electron chi connectivity index (χ1n) is 13.3. The van der Waals surface area contributed by atoms with Crippen LogP contribution in [0.3, 0.4) is 0 Å². The minimum Gasteiger partial charge on any atom is -0.395 e. The maximum absolute atomic E-state index is 14.3. The molecule has 1 aliphatic rings. The number of aryl methyl sites for hydroxylation is 2. The molecule has 2 amide bonds. The van der Waals surface area contributed by atoms with E-state index in [0.29, 0.717) is 45.5 Å². The fraction of sp³-hybridized carbons (Fsp3) is 0.276. The van der Waals surface area contributed by atoms with Gasteiger partial charge in [-0.15, -0.1) is 11.3 Å². The number of benzene rings is 1. The Morgan fingerprint density at radius 2 is 2.05 bits per heavy atom. The molecule has 5 aromatic rings. The van der Waals surface area contributed by atoms with Gasteiger partial charge in [0.05, 0.1) is 30.2 Å². The second-order valence-corrected chi connectivity index (χ2v) is 11.0. The lowest BCUT2D eigenvalue weighted by atomic mass is 9.96. The number of hydrogen-bond donors (Lipinski definition) is 2. The average molecular weight is 593 g/mol. The number of halogens is 2. The Bertz CT molecular complexity index is 1810. The number of hydrogen-bond acceptors (Lipinski definition) is 8. The van der Waals surface area contributed by atoms with E-state index in [9.17, 15) is 18.4 Å². The Balaban J connectivity index is 1.53. The van der Waals surface area contributed by atoms with Crippen LogP contribution < -0.4 is 10.2 Å². The number of pyridine rings is 1. The number of anilines is 1. The van der Waals surface area contributed by atoms with Gasteiger partial charge >= 0.3 is 0 Å². The van der Waals surface area contributed by atoms with Crippen molar-refractivity contribution in [2.45, 2.75) is 39.2 Å². The number of aliphatic hydroxyl groups excluding tert-OH is 1. The van der Waals surface area contributed by atoms with E-state index in [0.717, 1.165) is 40.3 Å². The molecule has 0 radical (unpaired) electrons. The summed E-state index contributed by atoms with van der Waals surface area (Å²) in [7, 11) is 0. The molecule has 1 fully saturated rings. The minimum atomic E-state index is -1.05. The molecule has 2 N–H and O–H groups in total. The van der Waals surface area contributed by atoms with Crippen LogP contribution >= 0.6 is 11.3 Å². The van der Waals surface area contributed by atoms with Crippen molar-refractivity contribution >= 4 is 34.5 Å². The number of aliphatic hydroxyl groups is 1. The fourth-order valence-electron chi connectivity index (χ4n) is 5.39. The van der Waals surface area contributed by atoms with Gasteiger partial charge in [-0.05, 0) is 56.5 Å². The first-order chi connectivity index (χ1) is 20.3. The number of imidazole rings is 1. The van der Waals surface area contributed by atoms with Gasteiger partial charge in [-0.25, -0.2) is 18.7 Å². The van der Waals surface area contributed by atoms with Gasteiger partial charge in [0, 0.05) is 36.5 Å². The van der Waals surface area contributed by atoms with Crippen molar-refractivity contribution in [3.8, 4) is 21.8 Å². The zero-order chi connectivity index (χ0) is 29.5. The Labute approximate surface area is 242 Å². The third kappa shape index (κ3) is 4.84. The molecule has 0 unspecified atom stereocenters. The predicted octanol–water partition coefficient (Wildman–Crippen LogP) is 4.99. The third-order valence-electron chi connectivity index (χ3n) is 7.25. The van der Waals surface area contributed by atoms with Gasteiger partial charge in [0.15, 0.2) is 11.6 Å². The number of nitrogens with one attached hydrogen (secondary N) is 1. The monoisotopic (exact) mass is 592 g/mol. The standard InChI is InChI=1S/C29H26F2N6O4S/c1-15-25(16(2)41-35-15)17-8-10-36-23(12-17)34-26(27(36)29-33-14-22(42-29)28(40)32-9-11-38)21-4-3-5-24(39)37(21)18-6-7-19(30)20(31)13-18/h6-8,10,12-14,21,38H,3-5,9,11H2,1-2H3,(H,32,40)/t21-/m0/s1. The number of amides is 2. The van der Waals surface area contributed by atoms with Crippen molar-refractivity contribution in [1.29, 1.82) is 0 Å². The molecule has 0 bridgehead atoms. The SMILES string of the molecule is Cc1noc(C)c1-c1ccn2c(-c3ncc(C(=O)NCCO)s3)c([C@@H]3CCCC(=O)N3c3ccc(F)c(F)c3)nc2c1. The molecule has 4 aromatic heterocycles. The summed E-state index contributed by atoms with van der Waals surface area (Å²) in [6, 6.07) is 6.58. The Morgan fingerprint density at radius 1 is 1.21 bits per heavy atom. The first kappa shape index (κ1) is 27.7. The second kappa shape index (κ2) is 11.1. The predicted molar refractivity (Wildman–Crippen MR) is 151 cm³/mol. The first-order valence-corrected chi connectivity index (χ1v) is 14.2. The number of carbonyl (C=O) groups excluding carboxylic acids is 2. The summed E-state index contributed by atoms with van der Waals surface area (Å²) in [4.78, 5) is 37.2. The summed E-state index contributed by atoms with van der Waals surface area (Å²) in [6.07, 6.45) is 4.64. The molecule has 42 heavy (non-hydrogen) atoms. The molecular formula is C29H26F2N6O4S. The van der Waals surface area contributed by atoms with Crippen LogP contribution in [-0.2, 0) is 4.79 Å². The number of piperidine rings is 1. The van der Waals surface area contributed by atoms with Crippen molar-refractivity contribution in [2.24, 2.45) is 0 Å². The zero-order valence-corrected chi connectivity index (χ0v) is 23.5. The molecule has 216 valence electrons. The highest BCUT2D eigenvalue weighted by Gasteiger charge is 2.36. The number of rotatable bonds is 7. The number of aromatic nitrogens is 4. The highest BCUT2D eigenvalue weighted by molar-refractivity contribution is 7.16. The molecule has 1 aromatic carbocycles. The van der Waals surface area contributed by atoms with E-state index in [1.54, 1.807) is 0 Å². The number of thiazole rings is 1. The van der Waals surface area contributed by atoms with Gasteiger partial charge in [0.25, 0.3) is 5.91 Å². The van der Waals surface area contributed by atoms with Crippen molar-refractivity contribution < 1.29 is 28.0 Å². The van der Waals surface area contributed by atoms with Crippen LogP contribution in [0.4, 0.5) is 14.5 Å². The van der Waals surface area contributed by atoms with Gasteiger partial charge in [-0.3, -0.25) is 14.0 Å². The van der Waals surface area contributed by atoms with Crippen LogP contribution in [0.1, 0.15) is 52.1 Å². The van der Waals surface area contributed by atoms with E-state index in [-0.39, 0.29) is 37.1 Å². The van der Waals surface area contributed by atoms with E-state index in [1.165, 1.54) is 17.2 Å². The lowest BCUT2D eigenvalue weighted by Crippen LogP contribution is -2.38. The van der Waals surface area contributed by atoms with Crippen molar-refractivity contribution in [3.05, 3.63) is 76.4 Å². The summed E-state index contributed by atoms with van der Waals surface area (Å²) in [5.74, 6) is -2.01. The van der Waals surface area contributed by atoms with E-state index < -0.39 is 17.7 Å². The van der Waals surface area contributed by atoms with Crippen LogP contribution in [0.5, 0.6) is 0 Å². The second-order valence-electron chi connectivity index (χ2n) is 9.97. The summed E-state index contributed by atoms with van der Waals surface area (Å²) >= 11 is 1.15. The normalized spacial score (nSPS) is 15.5. The van der Waals surface area contributed by atoms with Crippen molar-refractivity contribution in [2.75, 3.05) is 18.1 Å². The fourth-order valence-corrected chi connectivity index (χ4v) is 6.28. The van der Waals surface area contributed by atoms with E-state index in [4.69, 9.17) is 14.6 Å². The molecule has 1 aliphatic heterocycles. The molecule has 6 rings (SSSR count). The maximum Gasteiger partial charge on any atom is 0.263 e. The quantitative estimate of drug-likeness (QED) is 0.273. The van der Waals surface area contributed by atoms with Crippen LogP contribution in [0.25, 0.3) is 27.5 Å². The molecule has 0 aliphatic carbocycles. The molecule has 0 spiro atoms. The zero-order valence-electron chi connectivity index (χ0n) is 22.7. The summed E-state index contributed by atoms with van der Waals surface area (Å²) in [5.41, 5.74) is 4.28. The largest absolute Gasteiger partial charge is 0.395 e. The molecule has 1 saturated heterocycles. The van der Waals surface area contributed by atoms with Gasteiger partial charge in [-0.1, -0.05) is 5.16 Å². The van der Waals surface area contributed by atoms with Crippen LogP contribution in [-0.4, -0.2) is 49.6 Å². The smallest absolute Gasteiger partial charge is 0.263 e. The van der Waals surface area contributed by atoms with Gasteiger partial charge < -0.3 is 19.8 Å². The Hall–Kier alpha value is -4.49.